The molecule has 1 N–H and O–H groups in total. The Morgan fingerprint density at radius 2 is 1.97 bits per heavy atom. The van der Waals surface area contributed by atoms with Crippen LogP contribution in [0.15, 0.2) is 55.1 Å². The molecule has 1 unspecified atom stereocenters. The predicted octanol–water partition coefficient (Wildman–Crippen LogP) is 3.39. The van der Waals surface area contributed by atoms with E-state index < -0.39 is 36.4 Å². The number of carbonyl (C=O) groups excluding carboxylic acids is 2. The average molecular weight is 473 g/mol. The molecule has 0 amide bonds. The lowest BCUT2D eigenvalue weighted by molar-refractivity contribution is -0.143. The Bertz CT molecular complexity index is 852. The Morgan fingerprint density at radius 3 is 2.65 bits per heavy atom. The van der Waals surface area contributed by atoms with Crippen molar-refractivity contribution in [3.63, 3.8) is 0 Å². The van der Waals surface area contributed by atoms with Crippen LogP contribution < -0.4 is 0 Å². The van der Waals surface area contributed by atoms with Gasteiger partial charge in [0.05, 0.1) is 31.5 Å². The fourth-order valence-electron chi connectivity index (χ4n) is 4.54. The number of aliphatic hydroxyl groups is 1. The Labute approximate surface area is 201 Å². The molecule has 7 nitrogen and oxygen atoms in total. The van der Waals surface area contributed by atoms with Crippen molar-refractivity contribution in [1.82, 2.24) is 0 Å². The van der Waals surface area contributed by atoms with E-state index in [1.165, 1.54) is 6.92 Å². The van der Waals surface area contributed by atoms with Crippen molar-refractivity contribution >= 4 is 11.8 Å². The molecule has 0 radical (unpaired) electrons. The van der Waals surface area contributed by atoms with Gasteiger partial charge in [-0.1, -0.05) is 56.3 Å². The lowest BCUT2D eigenvalue weighted by atomic mass is 9.88. The molecular formula is C27H36O7. The zero-order chi connectivity index (χ0) is 24.7. The number of hydrogen-bond donors (Lipinski definition) is 1. The van der Waals surface area contributed by atoms with Gasteiger partial charge in [0.25, 0.3) is 0 Å². The molecule has 2 aliphatic heterocycles. The molecule has 34 heavy (non-hydrogen) atoms. The van der Waals surface area contributed by atoms with Gasteiger partial charge < -0.3 is 24.1 Å². The number of benzene rings is 1. The minimum atomic E-state index is -0.940. The van der Waals surface area contributed by atoms with E-state index in [-0.39, 0.29) is 30.4 Å². The molecule has 0 spiro atoms. The van der Waals surface area contributed by atoms with Crippen molar-refractivity contribution in [2.45, 2.75) is 76.8 Å². The van der Waals surface area contributed by atoms with Crippen LogP contribution in [-0.2, 0) is 35.1 Å². The number of rotatable bonds is 11. The van der Waals surface area contributed by atoms with Gasteiger partial charge in [0, 0.05) is 12.8 Å². The van der Waals surface area contributed by atoms with Crippen molar-refractivity contribution in [3.8, 4) is 0 Å². The highest BCUT2D eigenvalue weighted by atomic mass is 16.6. The highest BCUT2D eigenvalue weighted by Crippen LogP contribution is 2.35. The van der Waals surface area contributed by atoms with Gasteiger partial charge in [-0.3, -0.25) is 9.59 Å². The highest BCUT2D eigenvalue weighted by Gasteiger charge is 2.50. The second kappa shape index (κ2) is 12.4. The van der Waals surface area contributed by atoms with Crippen molar-refractivity contribution in [2.75, 3.05) is 6.61 Å². The van der Waals surface area contributed by atoms with Gasteiger partial charge in [0.2, 0.25) is 0 Å². The molecule has 0 bridgehead atoms. The molecule has 0 aliphatic carbocycles. The smallest absolute Gasteiger partial charge is 0.302 e. The topological polar surface area (TPSA) is 91.3 Å². The summed E-state index contributed by atoms with van der Waals surface area (Å²) in [6.07, 6.45) is 2.62. The molecule has 0 aromatic heterocycles. The fraction of sp³-hybridized carbons (Fsp3) is 0.556. The van der Waals surface area contributed by atoms with Crippen molar-refractivity contribution in [1.29, 1.82) is 0 Å². The number of ketones is 1. The highest BCUT2D eigenvalue weighted by molar-refractivity contribution is 5.94. The summed E-state index contributed by atoms with van der Waals surface area (Å²) in [4.78, 5) is 23.8. The summed E-state index contributed by atoms with van der Waals surface area (Å²) in [6.45, 7) is 9.52. The van der Waals surface area contributed by atoms with Crippen LogP contribution in [0.2, 0.25) is 0 Å². The molecule has 1 saturated heterocycles. The van der Waals surface area contributed by atoms with E-state index in [1.807, 2.05) is 44.2 Å². The van der Waals surface area contributed by atoms with Gasteiger partial charge in [-0.05, 0) is 30.4 Å². The van der Waals surface area contributed by atoms with Crippen LogP contribution in [0.4, 0.5) is 0 Å². The monoisotopic (exact) mass is 472 g/mol. The summed E-state index contributed by atoms with van der Waals surface area (Å²) in [7, 11) is 0. The molecular weight excluding hydrogens is 436 g/mol. The Balaban J connectivity index is 1.73. The van der Waals surface area contributed by atoms with Gasteiger partial charge in [-0.2, -0.15) is 0 Å². The van der Waals surface area contributed by atoms with Gasteiger partial charge in [0.1, 0.15) is 18.3 Å². The number of hydrogen-bond acceptors (Lipinski definition) is 7. The summed E-state index contributed by atoms with van der Waals surface area (Å²) < 4.78 is 23.6. The number of aliphatic hydroxyl groups excluding tert-OH is 1. The molecule has 1 fully saturated rings. The summed E-state index contributed by atoms with van der Waals surface area (Å²) in [5.74, 6) is -0.864. The van der Waals surface area contributed by atoms with Gasteiger partial charge in [0.15, 0.2) is 5.78 Å². The summed E-state index contributed by atoms with van der Waals surface area (Å²) in [5.41, 5.74) is 0.987. The maximum Gasteiger partial charge on any atom is 0.302 e. The summed E-state index contributed by atoms with van der Waals surface area (Å²) in [5, 5.41) is 11.2. The predicted molar refractivity (Wildman–Crippen MR) is 127 cm³/mol. The van der Waals surface area contributed by atoms with Crippen LogP contribution in [0.5, 0.6) is 0 Å². The van der Waals surface area contributed by atoms with Crippen molar-refractivity contribution in [2.24, 2.45) is 11.8 Å². The maximum absolute atomic E-state index is 12.6. The summed E-state index contributed by atoms with van der Waals surface area (Å²) >= 11 is 0. The first-order chi connectivity index (χ1) is 16.3. The second-order valence-corrected chi connectivity index (χ2v) is 9.27. The number of carbonyl (C=O) groups is 2. The minimum Gasteiger partial charge on any atom is -0.466 e. The lowest BCUT2D eigenvalue weighted by Gasteiger charge is -2.32. The van der Waals surface area contributed by atoms with Crippen LogP contribution in [0.25, 0.3) is 0 Å². The Kier molecular flexibility index (Phi) is 9.59. The Hall–Kier alpha value is -2.32. The average Bonchev–Trinajstić information content (AvgIpc) is 3.12. The van der Waals surface area contributed by atoms with Gasteiger partial charge >= 0.3 is 5.97 Å². The molecule has 0 saturated carbocycles. The van der Waals surface area contributed by atoms with Crippen LogP contribution >= 0.6 is 0 Å². The van der Waals surface area contributed by atoms with Crippen LogP contribution in [-0.4, -0.2) is 60.1 Å². The largest absolute Gasteiger partial charge is 0.466 e. The van der Waals surface area contributed by atoms with Gasteiger partial charge in [-0.15, -0.1) is 6.58 Å². The second-order valence-electron chi connectivity index (χ2n) is 9.27. The molecule has 186 valence electrons. The molecule has 1 aromatic rings. The zero-order valence-corrected chi connectivity index (χ0v) is 20.2. The van der Waals surface area contributed by atoms with E-state index >= 15 is 0 Å². The van der Waals surface area contributed by atoms with E-state index in [2.05, 4.69) is 6.58 Å². The van der Waals surface area contributed by atoms with Crippen LogP contribution in [0.3, 0.4) is 0 Å². The third-order valence-electron chi connectivity index (χ3n) is 6.33. The molecule has 7 heteroatoms. The number of esters is 1. The standard InChI is InChI=1S/C27H36O7/c1-5-9-21-12-13-22(29)25(33-21)18(3)26-24(30)27(32-16-20-10-7-6-8-11-20)23(34-26)14-17(2)15-31-19(4)28/h5-8,10-13,17-18,21,23-27,30H,1,9,14-16H2,2-4H3/t17-,18-,21-,23-,24-,25?,26+,27+/m1/s1. The molecule has 2 aliphatic rings. The maximum atomic E-state index is 12.6. The van der Waals surface area contributed by atoms with E-state index in [0.29, 0.717) is 19.4 Å². The van der Waals surface area contributed by atoms with Crippen molar-refractivity contribution < 1.29 is 33.6 Å². The zero-order valence-electron chi connectivity index (χ0n) is 20.2. The third kappa shape index (κ3) is 6.85. The van der Waals surface area contributed by atoms with Crippen molar-refractivity contribution in [3.05, 3.63) is 60.7 Å². The van der Waals surface area contributed by atoms with E-state index in [4.69, 9.17) is 18.9 Å². The third-order valence-corrected chi connectivity index (χ3v) is 6.33. The fourth-order valence-corrected chi connectivity index (χ4v) is 4.54. The summed E-state index contributed by atoms with van der Waals surface area (Å²) in [6, 6.07) is 9.72. The minimum absolute atomic E-state index is 0.00505. The van der Waals surface area contributed by atoms with Crippen LogP contribution in [0.1, 0.15) is 39.2 Å². The van der Waals surface area contributed by atoms with E-state index in [9.17, 15) is 14.7 Å². The van der Waals surface area contributed by atoms with E-state index in [0.717, 1.165) is 5.56 Å². The molecule has 1 aromatic carbocycles. The first-order valence-corrected chi connectivity index (χ1v) is 11.9. The SMILES string of the molecule is C=CC[C@@H]1C=CC(=O)C([C@@H](C)[C@@H]2O[C@H](C[C@@H](C)COC(C)=O)[C@H](OCc3ccccc3)[C@@H]2O)O1. The lowest BCUT2D eigenvalue weighted by Crippen LogP contribution is -2.46. The number of ether oxygens (including phenoxy) is 4. The Morgan fingerprint density at radius 1 is 1.24 bits per heavy atom. The first kappa shape index (κ1) is 26.3. The van der Waals surface area contributed by atoms with E-state index in [1.54, 1.807) is 18.2 Å². The quantitative estimate of drug-likeness (QED) is 0.390. The molecule has 3 rings (SSSR count). The van der Waals surface area contributed by atoms with Gasteiger partial charge in [-0.25, -0.2) is 0 Å². The van der Waals surface area contributed by atoms with Crippen LogP contribution in [0, 0.1) is 11.8 Å². The molecule has 2 heterocycles. The first-order valence-electron chi connectivity index (χ1n) is 11.9. The normalized spacial score (nSPS) is 30.6. The molecule has 8 atom stereocenters.